The zero-order chi connectivity index (χ0) is 21.4. The number of hydrogen-bond donors (Lipinski definition) is 0. The summed E-state index contributed by atoms with van der Waals surface area (Å²) in [6, 6.07) is 8.38. The molecule has 2 aromatic rings. The zero-order valence-electron chi connectivity index (χ0n) is 16.2. The molecule has 0 bridgehead atoms. The van der Waals surface area contributed by atoms with E-state index in [-0.39, 0.29) is 40.8 Å². The minimum atomic E-state index is -4.39. The molecule has 5 nitrogen and oxygen atoms in total. The molecule has 0 unspecified atom stereocenters. The van der Waals surface area contributed by atoms with E-state index >= 15 is 0 Å². The Bertz CT molecular complexity index is 924. The summed E-state index contributed by atoms with van der Waals surface area (Å²) in [6.45, 7) is 6.25. The van der Waals surface area contributed by atoms with Crippen LogP contribution in [0.3, 0.4) is 0 Å². The molecule has 1 fully saturated rings. The van der Waals surface area contributed by atoms with Crippen molar-refractivity contribution in [2.75, 3.05) is 11.4 Å². The molecule has 9 heteroatoms. The Balaban J connectivity index is 1.75. The number of hydrogen-bond acceptors (Lipinski definition) is 4. The van der Waals surface area contributed by atoms with Crippen LogP contribution >= 0.6 is 11.8 Å². The van der Waals surface area contributed by atoms with Crippen LogP contribution in [0, 0.1) is 0 Å². The number of thioether (sulfide) groups is 1. The molecule has 0 aliphatic carbocycles. The van der Waals surface area contributed by atoms with Crippen molar-refractivity contribution in [3.63, 3.8) is 0 Å². The normalized spacial score (nSPS) is 15.4. The fourth-order valence-corrected chi connectivity index (χ4v) is 3.47. The molecular weight excluding hydrogens is 403 g/mol. The van der Waals surface area contributed by atoms with Crippen LogP contribution in [0.1, 0.15) is 32.0 Å². The van der Waals surface area contributed by atoms with Gasteiger partial charge in [-0.15, -0.1) is 0 Å². The molecule has 154 valence electrons. The largest absolute Gasteiger partial charge is 0.446 e. The van der Waals surface area contributed by atoms with Gasteiger partial charge in [-0.25, -0.2) is 9.69 Å². The van der Waals surface area contributed by atoms with Crippen LogP contribution in [0.4, 0.5) is 23.7 Å². The lowest BCUT2D eigenvalue weighted by molar-refractivity contribution is -0.116. The molecule has 0 saturated carbocycles. The van der Waals surface area contributed by atoms with Crippen LogP contribution in [-0.2, 0) is 16.8 Å². The van der Waals surface area contributed by atoms with E-state index in [4.69, 9.17) is 0 Å². The summed E-state index contributed by atoms with van der Waals surface area (Å²) in [5.74, 6) is -0.420. The lowest BCUT2D eigenvalue weighted by atomic mass is 9.91. The van der Waals surface area contributed by atoms with Crippen LogP contribution in [0.15, 0.2) is 47.5 Å². The number of benzene rings is 1. The zero-order valence-corrected chi connectivity index (χ0v) is 17.0. The Morgan fingerprint density at radius 1 is 1.07 bits per heavy atom. The molecule has 1 aromatic heterocycles. The Hall–Kier alpha value is -2.55. The highest BCUT2D eigenvalue weighted by molar-refractivity contribution is 8.00. The van der Waals surface area contributed by atoms with Crippen LogP contribution in [0.2, 0.25) is 0 Å². The van der Waals surface area contributed by atoms with Crippen LogP contribution in [-0.4, -0.2) is 33.9 Å². The first-order valence-electron chi connectivity index (χ1n) is 8.87. The highest BCUT2D eigenvalue weighted by Gasteiger charge is 2.37. The van der Waals surface area contributed by atoms with E-state index in [1.807, 2.05) is 26.8 Å². The van der Waals surface area contributed by atoms with Crippen molar-refractivity contribution in [2.45, 2.75) is 43.1 Å². The highest BCUT2D eigenvalue weighted by Crippen LogP contribution is 2.37. The molecule has 1 aromatic carbocycles. The lowest BCUT2D eigenvalue weighted by Crippen LogP contribution is -2.32. The molecule has 0 radical (unpaired) electrons. The third-order valence-corrected chi connectivity index (χ3v) is 5.07. The van der Waals surface area contributed by atoms with E-state index in [1.54, 1.807) is 12.3 Å². The second kappa shape index (κ2) is 7.70. The number of halogens is 3. The van der Waals surface area contributed by atoms with Gasteiger partial charge in [0, 0.05) is 28.7 Å². The Morgan fingerprint density at radius 3 is 2.31 bits per heavy atom. The van der Waals surface area contributed by atoms with Crippen molar-refractivity contribution < 1.29 is 22.8 Å². The summed E-state index contributed by atoms with van der Waals surface area (Å²) in [6.07, 6.45) is 1.67. The summed E-state index contributed by atoms with van der Waals surface area (Å²) < 4.78 is 37.4. The molecular formula is C20H20F3N3O2S. The number of urea groups is 1. The lowest BCUT2D eigenvalue weighted by Gasteiger charge is -2.20. The topological polar surface area (TPSA) is 53.5 Å². The molecule has 0 N–H and O–H groups in total. The Kier molecular flexibility index (Phi) is 5.62. The van der Waals surface area contributed by atoms with Crippen molar-refractivity contribution in [1.29, 1.82) is 0 Å². The van der Waals surface area contributed by atoms with Gasteiger partial charge in [-0.05, 0) is 53.7 Å². The van der Waals surface area contributed by atoms with E-state index in [2.05, 4.69) is 4.98 Å². The minimum Gasteiger partial charge on any atom is -0.310 e. The van der Waals surface area contributed by atoms with Crippen LogP contribution in [0.5, 0.6) is 0 Å². The number of pyridine rings is 1. The average Bonchev–Trinajstić information content (AvgIpc) is 2.88. The summed E-state index contributed by atoms with van der Waals surface area (Å²) in [5.41, 5.74) is -2.57. The summed E-state index contributed by atoms with van der Waals surface area (Å²) in [5, 5.41) is 0. The molecule has 1 saturated heterocycles. The predicted octanol–water partition coefficient (Wildman–Crippen LogP) is 4.96. The Labute approximate surface area is 170 Å². The molecule has 0 spiro atoms. The van der Waals surface area contributed by atoms with Gasteiger partial charge in [0.2, 0.25) is 0 Å². The van der Waals surface area contributed by atoms with E-state index in [0.717, 1.165) is 16.2 Å². The molecule has 3 amide bonds. The highest BCUT2D eigenvalue weighted by atomic mass is 32.2. The second-order valence-electron chi connectivity index (χ2n) is 7.71. The van der Waals surface area contributed by atoms with Gasteiger partial charge < -0.3 is 4.90 Å². The maximum absolute atomic E-state index is 12.7. The first kappa shape index (κ1) is 21.2. The summed E-state index contributed by atoms with van der Waals surface area (Å²) >= 11 is -0.246. The van der Waals surface area contributed by atoms with Crippen molar-refractivity contribution in [3.8, 4) is 0 Å². The molecule has 1 aliphatic rings. The molecule has 29 heavy (non-hydrogen) atoms. The number of anilines is 1. The number of alkyl halides is 3. The number of aromatic nitrogens is 1. The van der Waals surface area contributed by atoms with Gasteiger partial charge in [0.25, 0.3) is 5.91 Å². The van der Waals surface area contributed by atoms with E-state index in [1.165, 1.54) is 29.2 Å². The van der Waals surface area contributed by atoms with Crippen molar-refractivity contribution in [2.24, 2.45) is 0 Å². The van der Waals surface area contributed by atoms with Gasteiger partial charge in [0.15, 0.2) is 0 Å². The number of carbonyl (C=O) groups is 2. The number of rotatable bonds is 4. The van der Waals surface area contributed by atoms with Crippen molar-refractivity contribution in [1.82, 2.24) is 9.88 Å². The van der Waals surface area contributed by atoms with Gasteiger partial charge in [-0.3, -0.25) is 9.78 Å². The van der Waals surface area contributed by atoms with Crippen LogP contribution < -0.4 is 4.90 Å². The van der Waals surface area contributed by atoms with E-state index in [0.29, 0.717) is 0 Å². The molecule has 2 heterocycles. The third kappa shape index (κ3) is 5.09. The van der Waals surface area contributed by atoms with Gasteiger partial charge in [-0.2, -0.15) is 13.2 Å². The number of amides is 3. The smallest absolute Gasteiger partial charge is 0.310 e. The quantitative estimate of drug-likeness (QED) is 0.515. The predicted molar refractivity (Wildman–Crippen MR) is 105 cm³/mol. The average molecular weight is 423 g/mol. The minimum absolute atomic E-state index is 0.0105. The third-order valence-electron chi connectivity index (χ3n) is 4.33. The first-order chi connectivity index (χ1) is 13.4. The maximum atomic E-state index is 12.7. The standard InChI is InChI=1S/C20H20F3N3O2S/c1-19(2,3)16-10-13(8-9-24-16)11-25-12-17(27)26(18(25)28)14-4-6-15(7-5-14)29-20(21,22)23/h4-10H,11-12H2,1-3H3. The number of nitrogens with zero attached hydrogens (tertiary/aromatic N) is 3. The number of carbonyl (C=O) groups excluding carboxylic acids is 2. The summed E-state index contributed by atoms with van der Waals surface area (Å²) in [7, 11) is 0. The Morgan fingerprint density at radius 2 is 1.72 bits per heavy atom. The van der Waals surface area contributed by atoms with E-state index < -0.39 is 17.4 Å². The fraction of sp³-hybridized carbons (Fsp3) is 0.350. The molecule has 1 aliphatic heterocycles. The summed E-state index contributed by atoms with van der Waals surface area (Å²) in [4.78, 5) is 31.9. The second-order valence-corrected chi connectivity index (χ2v) is 8.85. The van der Waals surface area contributed by atoms with Crippen molar-refractivity contribution in [3.05, 3.63) is 53.9 Å². The SMILES string of the molecule is CC(C)(C)c1cc(CN2CC(=O)N(c3ccc(SC(F)(F)F)cc3)C2=O)ccn1. The fourth-order valence-electron chi connectivity index (χ4n) is 2.93. The molecule has 0 atom stereocenters. The van der Waals surface area contributed by atoms with Crippen LogP contribution in [0.25, 0.3) is 0 Å². The maximum Gasteiger partial charge on any atom is 0.446 e. The van der Waals surface area contributed by atoms with Gasteiger partial charge in [-0.1, -0.05) is 20.8 Å². The first-order valence-corrected chi connectivity index (χ1v) is 9.69. The van der Waals surface area contributed by atoms with Crippen molar-refractivity contribution >= 4 is 29.4 Å². The van der Waals surface area contributed by atoms with Gasteiger partial charge in [0.05, 0.1) is 5.69 Å². The van der Waals surface area contributed by atoms with Gasteiger partial charge in [0.1, 0.15) is 6.54 Å². The van der Waals surface area contributed by atoms with Gasteiger partial charge >= 0.3 is 11.5 Å². The monoisotopic (exact) mass is 423 g/mol. The van der Waals surface area contributed by atoms with E-state index in [9.17, 15) is 22.8 Å². The number of imide groups is 1. The molecule has 3 rings (SSSR count).